The Kier molecular flexibility index (Phi) is 4.46. The number of para-hydroxylation sites is 2. The molecule has 1 heterocycles. The number of hydrogen-bond donors (Lipinski definition) is 2. The molecule has 0 bridgehead atoms. The Morgan fingerprint density at radius 3 is 2.60 bits per heavy atom. The Morgan fingerprint density at radius 2 is 1.84 bits per heavy atom. The van der Waals surface area contributed by atoms with E-state index in [2.05, 4.69) is 10.9 Å². The summed E-state index contributed by atoms with van der Waals surface area (Å²) in [5, 5.41) is 10.7. The number of amides is 2. The first-order valence-corrected chi connectivity index (χ1v) is 7.28. The van der Waals surface area contributed by atoms with E-state index in [1.165, 1.54) is 18.2 Å². The number of hydrazine groups is 1. The van der Waals surface area contributed by atoms with Crippen molar-refractivity contribution in [2.75, 3.05) is 6.61 Å². The fourth-order valence-corrected chi connectivity index (χ4v) is 2.18. The Labute approximate surface area is 141 Å². The maximum absolute atomic E-state index is 12.1. The smallest absolute Gasteiger partial charge is 0.283 e. The van der Waals surface area contributed by atoms with Gasteiger partial charge in [0.2, 0.25) is 6.10 Å². The molecular formula is C16H13N3O6. The molecule has 2 N–H and O–H groups in total. The van der Waals surface area contributed by atoms with Gasteiger partial charge in [0, 0.05) is 17.7 Å². The molecular weight excluding hydrogens is 330 g/mol. The van der Waals surface area contributed by atoms with Crippen molar-refractivity contribution in [1.82, 2.24) is 10.9 Å². The third-order valence-corrected chi connectivity index (χ3v) is 3.42. The first-order valence-electron chi connectivity index (χ1n) is 7.28. The molecule has 2 amide bonds. The lowest BCUT2D eigenvalue weighted by atomic mass is 10.2. The van der Waals surface area contributed by atoms with Gasteiger partial charge in [-0.3, -0.25) is 30.6 Å². The molecule has 0 radical (unpaired) electrons. The molecule has 9 heteroatoms. The molecule has 9 nitrogen and oxygen atoms in total. The van der Waals surface area contributed by atoms with Crippen LogP contribution in [-0.4, -0.2) is 29.4 Å². The molecule has 128 valence electrons. The Bertz CT molecular complexity index is 838. The largest absolute Gasteiger partial charge is 0.485 e. The molecule has 25 heavy (non-hydrogen) atoms. The summed E-state index contributed by atoms with van der Waals surface area (Å²) in [5.41, 5.74) is 4.23. The van der Waals surface area contributed by atoms with Gasteiger partial charge in [-0.2, -0.15) is 0 Å². The monoisotopic (exact) mass is 343 g/mol. The van der Waals surface area contributed by atoms with Crippen molar-refractivity contribution in [3.05, 3.63) is 64.2 Å². The van der Waals surface area contributed by atoms with Crippen LogP contribution in [0.3, 0.4) is 0 Å². The van der Waals surface area contributed by atoms with Crippen LogP contribution in [0, 0.1) is 10.1 Å². The zero-order chi connectivity index (χ0) is 17.8. The number of nitrogens with one attached hydrogen (secondary N) is 2. The van der Waals surface area contributed by atoms with Crippen LogP contribution in [0.5, 0.6) is 11.5 Å². The second-order valence-corrected chi connectivity index (χ2v) is 5.12. The number of non-ortho nitro benzene ring substituents is 1. The summed E-state index contributed by atoms with van der Waals surface area (Å²) < 4.78 is 10.9. The lowest BCUT2D eigenvalue weighted by Crippen LogP contribution is -2.50. The van der Waals surface area contributed by atoms with Gasteiger partial charge in [0.25, 0.3) is 17.5 Å². The SMILES string of the molecule is O=C(NNC(=O)[C@@H]1COc2ccccc2O1)c1cccc([N+](=O)[O-])c1. The molecule has 0 aliphatic carbocycles. The number of hydrogen-bond acceptors (Lipinski definition) is 6. The zero-order valence-corrected chi connectivity index (χ0v) is 12.8. The molecule has 0 fully saturated rings. The molecule has 1 aliphatic heterocycles. The van der Waals surface area contributed by atoms with Gasteiger partial charge < -0.3 is 9.47 Å². The van der Waals surface area contributed by atoms with Crippen molar-refractivity contribution in [2.45, 2.75) is 6.10 Å². The summed E-state index contributed by atoms with van der Waals surface area (Å²) in [7, 11) is 0. The summed E-state index contributed by atoms with van der Waals surface area (Å²) in [6.07, 6.45) is -0.930. The number of rotatable bonds is 3. The number of carbonyl (C=O) groups excluding carboxylic acids is 2. The molecule has 0 saturated heterocycles. The standard InChI is InChI=1S/C16H13N3O6/c20-15(10-4-3-5-11(8-10)19(22)23)17-18-16(21)14-9-24-12-6-1-2-7-13(12)25-14/h1-8,14H,9H2,(H,17,20)(H,18,21)/t14-/m0/s1. The number of fused-ring (bicyclic) bond motifs is 1. The minimum atomic E-state index is -0.930. The van der Waals surface area contributed by atoms with Crippen molar-refractivity contribution in [3.63, 3.8) is 0 Å². The van der Waals surface area contributed by atoms with Gasteiger partial charge in [-0.25, -0.2) is 0 Å². The predicted octanol–water partition coefficient (Wildman–Crippen LogP) is 1.20. The van der Waals surface area contributed by atoms with Crippen LogP contribution in [0.4, 0.5) is 5.69 Å². The summed E-state index contributed by atoms with van der Waals surface area (Å²) in [6, 6.07) is 12.0. The molecule has 0 spiro atoms. The first-order chi connectivity index (χ1) is 12.0. The van der Waals surface area contributed by atoms with Gasteiger partial charge in [0.15, 0.2) is 11.5 Å². The molecule has 0 saturated carbocycles. The molecule has 0 aromatic heterocycles. The average Bonchev–Trinajstić information content (AvgIpc) is 2.65. The normalized spacial score (nSPS) is 15.1. The van der Waals surface area contributed by atoms with Gasteiger partial charge >= 0.3 is 0 Å². The van der Waals surface area contributed by atoms with Crippen molar-refractivity contribution >= 4 is 17.5 Å². The lowest BCUT2D eigenvalue weighted by Gasteiger charge is -2.25. The van der Waals surface area contributed by atoms with Crippen LogP contribution in [-0.2, 0) is 4.79 Å². The van der Waals surface area contributed by atoms with E-state index in [9.17, 15) is 19.7 Å². The van der Waals surface area contributed by atoms with Crippen LogP contribution in [0.25, 0.3) is 0 Å². The van der Waals surface area contributed by atoms with Gasteiger partial charge in [0.05, 0.1) is 4.92 Å². The third-order valence-electron chi connectivity index (χ3n) is 3.42. The molecule has 3 rings (SSSR count). The van der Waals surface area contributed by atoms with Crippen LogP contribution in [0.15, 0.2) is 48.5 Å². The molecule has 0 unspecified atom stereocenters. The predicted molar refractivity (Wildman–Crippen MR) is 85.1 cm³/mol. The maximum Gasteiger partial charge on any atom is 0.283 e. The molecule has 1 aliphatic rings. The van der Waals surface area contributed by atoms with Gasteiger partial charge in [-0.05, 0) is 18.2 Å². The van der Waals surface area contributed by atoms with Gasteiger partial charge in [-0.1, -0.05) is 18.2 Å². The van der Waals surface area contributed by atoms with Gasteiger partial charge in [-0.15, -0.1) is 0 Å². The molecule has 1 atom stereocenters. The van der Waals surface area contributed by atoms with Crippen molar-refractivity contribution in [3.8, 4) is 11.5 Å². The summed E-state index contributed by atoms with van der Waals surface area (Å²) >= 11 is 0. The van der Waals surface area contributed by atoms with Crippen LogP contribution >= 0.6 is 0 Å². The highest BCUT2D eigenvalue weighted by atomic mass is 16.6. The number of ether oxygens (including phenoxy) is 2. The van der Waals surface area contributed by atoms with Crippen LogP contribution in [0.2, 0.25) is 0 Å². The molecule has 2 aromatic carbocycles. The quantitative estimate of drug-likeness (QED) is 0.638. The van der Waals surface area contributed by atoms with Crippen LogP contribution < -0.4 is 20.3 Å². The third kappa shape index (κ3) is 3.66. The number of nitro groups is 1. The fourth-order valence-electron chi connectivity index (χ4n) is 2.18. The Hall–Kier alpha value is -3.62. The van der Waals surface area contributed by atoms with Crippen molar-refractivity contribution in [1.29, 1.82) is 0 Å². The maximum atomic E-state index is 12.1. The van der Waals surface area contributed by atoms with E-state index in [0.29, 0.717) is 11.5 Å². The highest BCUT2D eigenvalue weighted by Gasteiger charge is 2.27. The van der Waals surface area contributed by atoms with Crippen LogP contribution in [0.1, 0.15) is 10.4 Å². The molecule has 2 aromatic rings. The van der Waals surface area contributed by atoms with Gasteiger partial charge in [0.1, 0.15) is 6.61 Å². The average molecular weight is 343 g/mol. The topological polar surface area (TPSA) is 120 Å². The number of nitrogens with zero attached hydrogens (tertiary/aromatic N) is 1. The minimum Gasteiger partial charge on any atom is -0.485 e. The number of nitro benzene ring substituents is 1. The number of carbonyl (C=O) groups is 2. The first kappa shape index (κ1) is 16.2. The fraction of sp³-hybridized carbons (Fsp3) is 0.125. The van der Waals surface area contributed by atoms with E-state index in [-0.39, 0.29) is 17.9 Å². The highest BCUT2D eigenvalue weighted by Crippen LogP contribution is 2.30. The van der Waals surface area contributed by atoms with E-state index in [1.807, 2.05) is 0 Å². The Balaban J connectivity index is 1.58. The summed E-state index contributed by atoms with van der Waals surface area (Å²) in [4.78, 5) is 34.2. The van der Waals surface area contributed by atoms with E-state index >= 15 is 0 Å². The Morgan fingerprint density at radius 1 is 1.08 bits per heavy atom. The lowest BCUT2D eigenvalue weighted by molar-refractivity contribution is -0.384. The van der Waals surface area contributed by atoms with Crippen molar-refractivity contribution < 1.29 is 24.0 Å². The summed E-state index contributed by atoms with van der Waals surface area (Å²) in [6.45, 7) is -0.00444. The zero-order valence-electron chi connectivity index (χ0n) is 12.8. The van der Waals surface area contributed by atoms with Crippen molar-refractivity contribution in [2.24, 2.45) is 0 Å². The van der Waals surface area contributed by atoms with E-state index in [1.54, 1.807) is 24.3 Å². The van der Waals surface area contributed by atoms with E-state index in [0.717, 1.165) is 6.07 Å². The number of benzene rings is 2. The van der Waals surface area contributed by atoms with E-state index in [4.69, 9.17) is 9.47 Å². The second kappa shape index (κ2) is 6.87. The van der Waals surface area contributed by atoms with E-state index < -0.39 is 22.8 Å². The highest BCUT2D eigenvalue weighted by molar-refractivity contribution is 5.96. The summed E-state index contributed by atoms with van der Waals surface area (Å²) in [5.74, 6) is -0.325. The second-order valence-electron chi connectivity index (χ2n) is 5.12. The minimum absolute atomic E-state index is 0.00444.